The first-order chi connectivity index (χ1) is 12.7. The van der Waals surface area contributed by atoms with Gasteiger partial charge < -0.3 is 19.2 Å². The fourth-order valence-electron chi connectivity index (χ4n) is 2.43. The Morgan fingerprint density at radius 2 is 1.89 bits per heavy atom. The fraction of sp³-hybridized carbons (Fsp3) is 0.421. The molecule has 2 rings (SSSR count). The fourth-order valence-corrected chi connectivity index (χ4v) is 2.43. The molecule has 1 aromatic carbocycles. The van der Waals surface area contributed by atoms with Gasteiger partial charge in [-0.15, -0.1) is 0 Å². The van der Waals surface area contributed by atoms with Crippen LogP contribution in [-0.4, -0.2) is 36.7 Å². The Kier molecular flexibility index (Phi) is 6.44. The molecule has 0 unspecified atom stereocenters. The summed E-state index contributed by atoms with van der Waals surface area (Å²) in [5.74, 6) is -0.842. The van der Waals surface area contributed by atoms with Gasteiger partial charge in [-0.3, -0.25) is 10.1 Å². The van der Waals surface area contributed by atoms with Crippen LogP contribution in [0.1, 0.15) is 43.8 Å². The zero-order valence-corrected chi connectivity index (χ0v) is 16.0. The molecule has 0 saturated carbocycles. The second-order valence-electron chi connectivity index (χ2n) is 6.31. The zero-order valence-electron chi connectivity index (χ0n) is 16.0. The van der Waals surface area contributed by atoms with Gasteiger partial charge in [-0.05, 0) is 52.8 Å². The number of nitrogens with one attached hydrogen (secondary N) is 2. The summed E-state index contributed by atoms with van der Waals surface area (Å²) in [4.78, 5) is 35.9. The van der Waals surface area contributed by atoms with E-state index in [0.29, 0.717) is 23.5 Å². The molecule has 0 saturated heterocycles. The molecule has 1 atom stereocenters. The summed E-state index contributed by atoms with van der Waals surface area (Å²) in [5, 5.41) is 5.35. The van der Waals surface area contributed by atoms with Crippen LogP contribution in [0.25, 0.3) is 11.0 Å². The van der Waals surface area contributed by atoms with E-state index >= 15 is 0 Å². The summed E-state index contributed by atoms with van der Waals surface area (Å²) in [6.45, 7) is 9.01. The minimum Gasteiger partial charge on any atom is -0.494 e. The van der Waals surface area contributed by atoms with Gasteiger partial charge in [-0.25, -0.2) is 9.59 Å². The van der Waals surface area contributed by atoms with Crippen molar-refractivity contribution in [2.24, 2.45) is 0 Å². The average molecular weight is 376 g/mol. The Hall–Kier alpha value is -3.03. The van der Waals surface area contributed by atoms with Gasteiger partial charge in [0.25, 0.3) is 5.91 Å². The Balaban J connectivity index is 2.09. The van der Waals surface area contributed by atoms with Crippen LogP contribution in [0.3, 0.4) is 0 Å². The minimum absolute atomic E-state index is 0.00457. The molecule has 2 N–H and O–H groups in total. The van der Waals surface area contributed by atoms with Crippen LogP contribution in [0.2, 0.25) is 0 Å². The molecular formula is C19H24N2O6. The van der Waals surface area contributed by atoms with Crippen molar-refractivity contribution in [2.45, 2.75) is 46.8 Å². The number of hydrogen-bond acceptors (Lipinski definition) is 6. The summed E-state index contributed by atoms with van der Waals surface area (Å²) in [5.41, 5.74) is 1.10. The lowest BCUT2D eigenvalue weighted by molar-refractivity contribution is -0.128. The maximum atomic E-state index is 12.4. The Morgan fingerprint density at radius 3 is 2.52 bits per heavy atom. The van der Waals surface area contributed by atoms with E-state index in [1.807, 2.05) is 6.92 Å². The quantitative estimate of drug-likeness (QED) is 0.751. The predicted octanol–water partition coefficient (Wildman–Crippen LogP) is 2.92. The van der Waals surface area contributed by atoms with Gasteiger partial charge in [-0.2, -0.15) is 0 Å². The SMILES string of the molecule is CCOc1ccc2oc(C(=O)O[C@@H](C)C(=O)NC(=O)NC(C)C)c(C)c2c1. The first-order valence-electron chi connectivity index (χ1n) is 8.71. The number of fused-ring (bicyclic) bond motifs is 1. The van der Waals surface area contributed by atoms with E-state index in [9.17, 15) is 14.4 Å². The number of benzene rings is 1. The Bertz CT molecular complexity index is 855. The third-order valence-electron chi connectivity index (χ3n) is 3.71. The van der Waals surface area contributed by atoms with Crippen molar-refractivity contribution in [1.29, 1.82) is 0 Å². The van der Waals surface area contributed by atoms with Gasteiger partial charge in [0.2, 0.25) is 5.76 Å². The number of rotatable bonds is 6. The highest BCUT2D eigenvalue weighted by Crippen LogP contribution is 2.29. The van der Waals surface area contributed by atoms with Crippen LogP contribution in [0.5, 0.6) is 5.75 Å². The molecule has 8 heteroatoms. The molecule has 0 aliphatic carbocycles. The molecule has 27 heavy (non-hydrogen) atoms. The maximum absolute atomic E-state index is 12.4. The molecule has 0 radical (unpaired) electrons. The summed E-state index contributed by atoms with van der Waals surface area (Å²) < 4.78 is 16.2. The first-order valence-corrected chi connectivity index (χ1v) is 8.71. The van der Waals surface area contributed by atoms with Crippen molar-refractivity contribution in [3.05, 3.63) is 29.5 Å². The van der Waals surface area contributed by atoms with Crippen LogP contribution in [0.4, 0.5) is 4.79 Å². The molecule has 0 fully saturated rings. The maximum Gasteiger partial charge on any atom is 0.375 e. The Labute approximate surface area is 157 Å². The summed E-state index contributed by atoms with van der Waals surface area (Å²) >= 11 is 0. The number of imide groups is 1. The van der Waals surface area contributed by atoms with Gasteiger partial charge in [0.05, 0.1) is 6.61 Å². The summed E-state index contributed by atoms with van der Waals surface area (Å²) in [7, 11) is 0. The van der Waals surface area contributed by atoms with Crippen LogP contribution in [-0.2, 0) is 9.53 Å². The van der Waals surface area contributed by atoms with Gasteiger partial charge >= 0.3 is 12.0 Å². The van der Waals surface area contributed by atoms with Crippen LogP contribution in [0.15, 0.2) is 22.6 Å². The van der Waals surface area contributed by atoms with Crippen molar-refractivity contribution in [3.63, 3.8) is 0 Å². The van der Waals surface area contributed by atoms with Gasteiger partial charge in [0.15, 0.2) is 6.10 Å². The van der Waals surface area contributed by atoms with E-state index in [4.69, 9.17) is 13.9 Å². The van der Waals surface area contributed by atoms with E-state index < -0.39 is 24.0 Å². The third kappa shape index (κ3) is 4.99. The molecule has 0 aliphatic rings. The summed E-state index contributed by atoms with van der Waals surface area (Å²) in [6.07, 6.45) is -1.16. The van der Waals surface area contributed by atoms with Crippen molar-refractivity contribution < 1.29 is 28.3 Å². The molecule has 8 nitrogen and oxygen atoms in total. The number of ether oxygens (including phenoxy) is 2. The van der Waals surface area contributed by atoms with E-state index in [0.717, 1.165) is 5.39 Å². The second kappa shape index (κ2) is 8.57. The van der Waals surface area contributed by atoms with Crippen molar-refractivity contribution in [2.75, 3.05) is 6.61 Å². The number of carbonyl (C=O) groups is 3. The third-order valence-corrected chi connectivity index (χ3v) is 3.71. The van der Waals surface area contributed by atoms with Crippen LogP contribution < -0.4 is 15.4 Å². The molecule has 3 amide bonds. The van der Waals surface area contributed by atoms with Crippen LogP contribution in [0, 0.1) is 6.92 Å². The zero-order chi connectivity index (χ0) is 20.1. The van der Waals surface area contributed by atoms with E-state index in [2.05, 4.69) is 10.6 Å². The van der Waals surface area contributed by atoms with E-state index in [-0.39, 0.29) is 11.8 Å². The molecular weight excluding hydrogens is 352 g/mol. The number of aryl methyl sites for hydroxylation is 1. The number of hydrogen-bond donors (Lipinski definition) is 2. The lowest BCUT2D eigenvalue weighted by Gasteiger charge is -2.13. The summed E-state index contributed by atoms with van der Waals surface area (Å²) in [6, 6.07) is 4.45. The number of urea groups is 1. The standard InChI is InChI=1S/C19H24N2O6/c1-6-25-13-7-8-15-14(9-13)11(4)16(27-15)18(23)26-12(5)17(22)21-19(24)20-10(2)3/h7-10,12H,6H2,1-5H3,(H2,20,21,22,24)/t12-/m0/s1. The van der Waals surface area contributed by atoms with Gasteiger partial charge in [0.1, 0.15) is 11.3 Å². The van der Waals surface area contributed by atoms with Crippen LogP contribution >= 0.6 is 0 Å². The van der Waals surface area contributed by atoms with Gasteiger partial charge in [0, 0.05) is 17.0 Å². The topological polar surface area (TPSA) is 107 Å². The molecule has 1 heterocycles. The Morgan fingerprint density at radius 1 is 1.19 bits per heavy atom. The number of carbonyl (C=O) groups excluding carboxylic acids is 3. The second-order valence-corrected chi connectivity index (χ2v) is 6.31. The van der Waals surface area contributed by atoms with Crippen molar-refractivity contribution in [3.8, 4) is 5.75 Å². The highest BCUT2D eigenvalue weighted by molar-refractivity contribution is 6.00. The number of esters is 1. The van der Waals surface area contributed by atoms with Gasteiger partial charge in [-0.1, -0.05) is 0 Å². The minimum atomic E-state index is -1.16. The molecule has 0 aliphatic heterocycles. The monoisotopic (exact) mass is 376 g/mol. The van der Waals surface area contributed by atoms with Crippen molar-refractivity contribution >= 4 is 28.9 Å². The molecule has 0 spiro atoms. The average Bonchev–Trinajstić information content (AvgIpc) is 2.91. The molecule has 1 aromatic heterocycles. The number of amides is 3. The predicted molar refractivity (Wildman–Crippen MR) is 98.8 cm³/mol. The smallest absolute Gasteiger partial charge is 0.375 e. The van der Waals surface area contributed by atoms with E-state index in [1.165, 1.54) is 6.92 Å². The largest absolute Gasteiger partial charge is 0.494 e. The normalized spacial score (nSPS) is 11.9. The number of furan rings is 1. The molecule has 146 valence electrons. The lowest BCUT2D eigenvalue weighted by Crippen LogP contribution is -2.46. The lowest BCUT2D eigenvalue weighted by atomic mass is 10.1. The highest BCUT2D eigenvalue weighted by atomic mass is 16.6. The highest BCUT2D eigenvalue weighted by Gasteiger charge is 2.25. The van der Waals surface area contributed by atoms with E-state index in [1.54, 1.807) is 39.0 Å². The molecule has 2 aromatic rings. The van der Waals surface area contributed by atoms with Crippen molar-refractivity contribution in [1.82, 2.24) is 10.6 Å². The first kappa shape index (κ1) is 20.3. The molecule has 0 bridgehead atoms.